The van der Waals surface area contributed by atoms with E-state index in [4.69, 9.17) is 9.47 Å². The molecule has 0 atom stereocenters. The predicted molar refractivity (Wildman–Crippen MR) is 95.1 cm³/mol. The van der Waals surface area contributed by atoms with Crippen LogP contribution in [0.5, 0.6) is 11.5 Å². The molecule has 0 N–H and O–H groups in total. The van der Waals surface area contributed by atoms with Gasteiger partial charge in [-0.15, -0.1) is 0 Å². The zero-order valence-electron chi connectivity index (χ0n) is 14.9. The quantitative estimate of drug-likeness (QED) is 0.428. The molecule has 0 radical (unpaired) electrons. The summed E-state index contributed by atoms with van der Waals surface area (Å²) >= 11 is 0. The number of ether oxygens (including phenoxy) is 2. The molecule has 1 fully saturated rings. The number of ketones is 1. The lowest BCUT2D eigenvalue weighted by atomic mass is 9.99. The van der Waals surface area contributed by atoms with Gasteiger partial charge in [-0.25, -0.2) is 0 Å². The van der Waals surface area contributed by atoms with Crippen LogP contribution in [0.25, 0.3) is 6.08 Å². The molecule has 2 rings (SSSR count). The van der Waals surface area contributed by atoms with Crippen molar-refractivity contribution >= 4 is 17.5 Å². The lowest BCUT2D eigenvalue weighted by molar-refractivity contribution is -0.385. The Morgan fingerprint density at radius 3 is 2.72 bits per heavy atom. The van der Waals surface area contributed by atoms with Crippen molar-refractivity contribution in [2.45, 2.75) is 26.7 Å². The summed E-state index contributed by atoms with van der Waals surface area (Å²) < 4.78 is 10.6. The number of methoxy groups -OCH3 is 1. The molecule has 136 valence electrons. The molecule has 1 aliphatic rings. The van der Waals surface area contributed by atoms with E-state index in [2.05, 4.69) is 11.8 Å². The first-order chi connectivity index (χ1) is 12.0. The van der Waals surface area contributed by atoms with E-state index < -0.39 is 4.92 Å². The van der Waals surface area contributed by atoms with E-state index >= 15 is 0 Å². The molecule has 0 aliphatic carbocycles. The van der Waals surface area contributed by atoms with Gasteiger partial charge in [-0.1, -0.05) is 6.92 Å². The molecule has 0 spiro atoms. The van der Waals surface area contributed by atoms with Crippen molar-refractivity contribution in [3.05, 3.63) is 33.4 Å². The van der Waals surface area contributed by atoms with Crippen LogP contribution >= 0.6 is 0 Å². The molecule has 25 heavy (non-hydrogen) atoms. The van der Waals surface area contributed by atoms with Crippen LogP contribution in [0.2, 0.25) is 0 Å². The number of likely N-dealkylation sites (tertiary alicyclic amines) is 1. The van der Waals surface area contributed by atoms with Crippen molar-refractivity contribution in [1.29, 1.82) is 0 Å². The summed E-state index contributed by atoms with van der Waals surface area (Å²) in [4.78, 5) is 25.3. The molecule has 1 aromatic rings. The molecule has 7 heteroatoms. The highest BCUT2D eigenvalue weighted by molar-refractivity contribution is 6.00. The number of carbonyl (C=O) groups is 1. The highest BCUT2D eigenvalue weighted by atomic mass is 16.6. The summed E-state index contributed by atoms with van der Waals surface area (Å²) in [5.41, 5.74) is 1.07. The highest BCUT2D eigenvalue weighted by Crippen LogP contribution is 2.39. The number of nitrogens with zero attached hydrogens (tertiary/aromatic N) is 2. The first-order valence-corrected chi connectivity index (χ1v) is 8.45. The van der Waals surface area contributed by atoms with E-state index in [-0.39, 0.29) is 23.0 Å². The van der Waals surface area contributed by atoms with Crippen molar-refractivity contribution in [1.82, 2.24) is 4.90 Å². The summed E-state index contributed by atoms with van der Waals surface area (Å²) in [6.45, 7) is 6.40. The van der Waals surface area contributed by atoms with E-state index in [0.29, 0.717) is 30.7 Å². The number of benzene rings is 1. The lowest BCUT2D eigenvalue weighted by Crippen LogP contribution is -2.36. The van der Waals surface area contributed by atoms with Gasteiger partial charge in [0, 0.05) is 31.1 Å². The van der Waals surface area contributed by atoms with Gasteiger partial charge in [0.15, 0.2) is 11.5 Å². The number of nitro benzene ring substituents is 1. The Bertz CT molecular complexity index is 684. The average Bonchev–Trinajstić information content (AvgIpc) is 2.59. The minimum absolute atomic E-state index is 0.0860. The fraction of sp³-hybridized carbons (Fsp3) is 0.500. The fourth-order valence-electron chi connectivity index (χ4n) is 2.93. The number of rotatable bonds is 7. The average molecular weight is 348 g/mol. The number of carbonyl (C=O) groups excluding carboxylic acids is 1. The van der Waals surface area contributed by atoms with E-state index in [1.807, 2.05) is 0 Å². The summed E-state index contributed by atoms with van der Waals surface area (Å²) in [7, 11) is 1.44. The van der Waals surface area contributed by atoms with E-state index in [0.717, 1.165) is 19.5 Å². The van der Waals surface area contributed by atoms with Crippen LogP contribution in [-0.4, -0.2) is 49.0 Å². The van der Waals surface area contributed by atoms with E-state index in [9.17, 15) is 14.9 Å². The molecular weight excluding hydrogens is 324 g/mol. The summed E-state index contributed by atoms with van der Waals surface area (Å²) in [6, 6.07) is 3.09. The Kier molecular flexibility index (Phi) is 6.52. The maximum Gasteiger partial charge on any atom is 0.315 e. The second-order valence-corrected chi connectivity index (χ2v) is 5.88. The lowest BCUT2D eigenvalue weighted by Gasteiger charge is -2.27. The topological polar surface area (TPSA) is 81.9 Å². The molecular formula is C18H24N2O5. The Balaban J connectivity index is 2.42. The number of Topliss-reactive ketones (excluding diaryl/α,β-unsaturated/α-hetero) is 1. The second kappa shape index (κ2) is 8.62. The number of hydrogen-bond donors (Lipinski definition) is 0. The van der Waals surface area contributed by atoms with Gasteiger partial charge in [-0.3, -0.25) is 19.8 Å². The van der Waals surface area contributed by atoms with Crippen LogP contribution in [0.3, 0.4) is 0 Å². The minimum atomic E-state index is -0.498. The zero-order valence-corrected chi connectivity index (χ0v) is 14.9. The van der Waals surface area contributed by atoms with Gasteiger partial charge < -0.3 is 9.47 Å². The van der Waals surface area contributed by atoms with Crippen molar-refractivity contribution in [3.8, 4) is 11.5 Å². The van der Waals surface area contributed by atoms with Gasteiger partial charge >= 0.3 is 5.69 Å². The molecule has 0 aromatic heterocycles. The van der Waals surface area contributed by atoms with Gasteiger partial charge in [0.1, 0.15) is 0 Å². The summed E-state index contributed by atoms with van der Waals surface area (Å²) in [6.07, 6.45) is 3.21. The van der Waals surface area contributed by atoms with Crippen LogP contribution in [0.15, 0.2) is 17.7 Å². The molecule has 0 amide bonds. The van der Waals surface area contributed by atoms with Gasteiger partial charge in [0.25, 0.3) is 0 Å². The summed E-state index contributed by atoms with van der Waals surface area (Å²) in [5, 5.41) is 11.4. The SMILES string of the molecule is CCCN1CCC(=O)/C(=C/c2cc(OC)c(OCC)c([N+](=O)[O-])c2)C1. The first kappa shape index (κ1) is 18.9. The normalized spacial score (nSPS) is 16.9. The Labute approximate surface area is 147 Å². The van der Waals surface area contributed by atoms with Crippen LogP contribution in [0, 0.1) is 10.1 Å². The zero-order chi connectivity index (χ0) is 18.4. The fourth-order valence-corrected chi connectivity index (χ4v) is 2.93. The number of hydrogen-bond acceptors (Lipinski definition) is 6. The molecule has 0 saturated carbocycles. The number of nitro groups is 1. The van der Waals surface area contributed by atoms with Crippen molar-refractivity contribution in [2.24, 2.45) is 0 Å². The van der Waals surface area contributed by atoms with Crippen LogP contribution in [0.1, 0.15) is 32.3 Å². The highest BCUT2D eigenvalue weighted by Gasteiger charge is 2.24. The molecule has 0 unspecified atom stereocenters. The molecule has 1 heterocycles. The number of piperidine rings is 1. The van der Waals surface area contributed by atoms with Crippen LogP contribution in [0.4, 0.5) is 5.69 Å². The van der Waals surface area contributed by atoms with Crippen molar-refractivity contribution < 1.29 is 19.2 Å². The smallest absolute Gasteiger partial charge is 0.315 e. The van der Waals surface area contributed by atoms with E-state index in [1.54, 1.807) is 19.1 Å². The molecule has 0 bridgehead atoms. The molecule has 1 saturated heterocycles. The predicted octanol–water partition coefficient (Wildman–Crippen LogP) is 3.07. The third kappa shape index (κ3) is 4.57. The van der Waals surface area contributed by atoms with Crippen LogP contribution < -0.4 is 9.47 Å². The largest absolute Gasteiger partial charge is 0.493 e. The molecule has 7 nitrogen and oxygen atoms in total. The maximum absolute atomic E-state index is 12.2. The Morgan fingerprint density at radius 2 is 2.12 bits per heavy atom. The monoisotopic (exact) mass is 348 g/mol. The van der Waals surface area contributed by atoms with Gasteiger partial charge in [-0.2, -0.15) is 0 Å². The Hall–Kier alpha value is -2.41. The van der Waals surface area contributed by atoms with Gasteiger partial charge in [-0.05, 0) is 37.6 Å². The summed E-state index contributed by atoms with van der Waals surface area (Å²) in [5.74, 6) is 0.485. The third-order valence-corrected chi connectivity index (χ3v) is 4.05. The third-order valence-electron chi connectivity index (χ3n) is 4.05. The van der Waals surface area contributed by atoms with Gasteiger partial charge in [0.2, 0.25) is 5.75 Å². The van der Waals surface area contributed by atoms with E-state index in [1.165, 1.54) is 13.2 Å². The standard InChI is InChI=1S/C18H24N2O5/c1-4-7-19-8-6-16(21)14(12-19)9-13-10-15(20(22)23)18(25-5-2)17(11-13)24-3/h9-11H,4-8,12H2,1-3H3/b14-9+. The second-order valence-electron chi connectivity index (χ2n) is 5.88. The Morgan fingerprint density at radius 1 is 1.36 bits per heavy atom. The van der Waals surface area contributed by atoms with Crippen molar-refractivity contribution in [2.75, 3.05) is 33.4 Å². The maximum atomic E-state index is 12.2. The van der Waals surface area contributed by atoms with Gasteiger partial charge in [0.05, 0.1) is 18.6 Å². The van der Waals surface area contributed by atoms with Crippen LogP contribution in [-0.2, 0) is 4.79 Å². The minimum Gasteiger partial charge on any atom is -0.493 e. The van der Waals surface area contributed by atoms with Crippen molar-refractivity contribution in [3.63, 3.8) is 0 Å². The first-order valence-electron chi connectivity index (χ1n) is 8.45. The molecule has 1 aromatic carbocycles. The molecule has 1 aliphatic heterocycles.